The van der Waals surface area contributed by atoms with Crippen molar-refractivity contribution in [1.29, 1.82) is 0 Å². The van der Waals surface area contributed by atoms with Gasteiger partial charge in [0, 0.05) is 16.3 Å². The number of hydrazone groups is 1. The Balaban J connectivity index is 1.21. The Morgan fingerprint density at radius 1 is 0.951 bits per heavy atom. The first-order valence-electron chi connectivity index (χ1n) is 12.7. The second-order valence-corrected chi connectivity index (χ2v) is 10.1. The Hall–Kier alpha value is -4.60. The highest BCUT2D eigenvalue weighted by Gasteiger charge is 2.17. The molecule has 0 saturated carbocycles. The number of aromatic nitrogens is 3. The molecule has 8 nitrogen and oxygen atoms in total. The quantitative estimate of drug-likeness (QED) is 0.110. The van der Waals surface area contributed by atoms with Gasteiger partial charge in [0.25, 0.3) is 5.91 Å². The largest absolute Gasteiger partial charge is 0.493 e. The third kappa shape index (κ3) is 7.33. The summed E-state index contributed by atoms with van der Waals surface area (Å²) in [5.41, 5.74) is 6.12. The molecule has 0 radical (unpaired) electrons. The molecular formula is C31H26ClN5O3S. The predicted octanol–water partition coefficient (Wildman–Crippen LogP) is 6.42. The van der Waals surface area contributed by atoms with Crippen LogP contribution in [0.1, 0.15) is 11.1 Å². The molecule has 1 heterocycles. The van der Waals surface area contributed by atoms with E-state index in [1.165, 1.54) is 11.8 Å². The maximum absolute atomic E-state index is 12.6. The zero-order valence-corrected chi connectivity index (χ0v) is 23.7. The van der Waals surface area contributed by atoms with Crippen molar-refractivity contribution >= 4 is 35.5 Å². The summed E-state index contributed by atoms with van der Waals surface area (Å²) >= 11 is 7.34. The minimum Gasteiger partial charge on any atom is -0.493 e. The van der Waals surface area contributed by atoms with Crippen molar-refractivity contribution in [2.45, 2.75) is 11.8 Å². The fraction of sp³-hybridized carbons (Fsp3) is 0.0968. The number of para-hydroxylation sites is 1. The molecule has 0 aliphatic carbocycles. The average molecular weight is 584 g/mol. The van der Waals surface area contributed by atoms with Crippen LogP contribution < -0.4 is 14.9 Å². The zero-order valence-electron chi connectivity index (χ0n) is 22.1. The van der Waals surface area contributed by atoms with Crippen LogP contribution in [-0.4, -0.2) is 39.7 Å². The number of halogens is 1. The van der Waals surface area contributed by atoms with E-state index >= 15 is 0 Å². The van der Waals surface area contributed by atoms with Gasteiger partial charge in [0.05, 0.1) is 19.1 Å². The van der Waals surface area contributed by atoms with Crippen LogP contribution in [0.4, 0.5) is 0 Å². The van der Waals surface area contributed by atoms with E-state index in [1.807, 2.05) is 89.5 Å². The highest BCUT2D eigenvalue weighted by molar-refractivity contribution is 7.99. The Bertz CT molecular complexity index is 1630. The number of methoxy groups -OCH3 is 1. The van der Waals surface area contributed by atoms with Crippen molar-refractivity contribution in [2.75, 3.05) is 12.9 Å². The zero-order chi connectivity index (χ0) is 28.4. The molecule has 0 fully saturated rings. The number of rotatable bonds is 11. The van der Waals surface area contributed by atoms with Gasteiger partial charge in [-0.05, 0) is 65.7 Å². The van der Waals surface area contributed by atoms with Gasteiger partial charge < -0.3 is 9.47 Å². The summed E-state index contributed by atoms with van der Waals surface area (Å²) < 4.78 is 13.3. The number of hydrogen-bond acceptors (Lipinski definition) is 7. The Morgan fingerprint density at radius 2 is 1.68 bits per heavy atom. The highest BCUT2D eigenvalue weighted by atomic mass is 35.5. The summed E-state index contributed by atoms with van der Waals surface area (Å²) in [5, 5.41) is 14.1. The van der Waals surface area contributed by atoms with Gasteiger partial charge in [0.15, 0.2) is 22.5 Å². The first-order chi connectivity index (χ1) is 20.1. The Labute approximate surface area is 247 Å². The lowest BCUT2D eigenvalue weighted by molar-refractivity contribution is -0.118. The molecule has 1 aromatic heterocycles. The maximum Gasteiger partial charge on any atom is 0.250 e. The molecule has 0 bridgehead atoms. The normalized spacial score (nSPS) is 11.0. The van der Waals surface area contributed by atoms with Crippen molar-refractivity contribution in [1.82, 2.24) is 20.2 Å². The van der Waals surface area contributed by atoms with Gasteiger partial charge >= 0.3 is 0 Å². The second kappa shape index (κ2) is 13.6. The fourth-order valence-corrected chi connectivity index (χ4v) is 4.79. The number of nitrogens with zero attached hydrogens (tertiary/aromatic N) is 4. The number of benzene rings is 4. The van der Waals surface area contributed by atoms with E-state index in [1.54, 1.807) is 31.5 Å². The third-order valence-electron chi connectivity index (χ3n) is 5.91. The molecule has 0 spiro atoms. The van der Waals surface area contributed by atoms with Crippen molar-refractivity contribution in [3.05, 3.63) is 119 Å². The van der Waals surface area contributed by atoms with Crippen LogP contribution in [0.2, 0.25) is 5.02 Å². The molecule has 1 N–H and O–H groups in total. The van der Waals surface area contributed by atoms with Gasteiger partial charge in [0.1, 0.15) is 6.61 Å². The molecule has 4 aromatic carbocycles. The van der Waals surface area contributed by atoms with Crippen molar-refractivity contribution in [3.63, 3.8) is 0 Å². The summed E-state index contributed by atoms with van der Waals surface area (Å²) in [6.07, 6.45) is 1.55. The minimum absolute atomic E-state index is 0.0957. The first-order valence-corrected chi connectivity index (χ1v) is 14.0. The van der Waals surface area contributed by atoms with E-state index in [0.29, 0.717) is 34.1 Å². The van der Waals surface area contributed by atoms with E-state index in [4.69, 9.17) is 21.1 Å². The lowest BCUT2D eigenvalue weighted by atomic mass is 10.2. The highest BCUT2D eigenvalue weighted by Crippen LogP contribution is 2.29. The average Bonchev–Trinajstić information content (AvgIpc) is 3.44. The predicted molar refractivity (Wildman–Crippen MR) is 162 cm³/mol. The van der Waals surface area contributed by atoms with Gasteiger partial charge in [-0.3, -0.25) is 9.36 Å². The van der Waals surface area contributed by atoms with Crippen LogP contribution in [0.25, 0.3) is 17.1 Å². The number of amides is 1. The van der Waals surface area contributed by atoms with E-state index in [0.717, 1.165) is 22.4 Å². The van der Waals surface area contributed by atoms with Crippen LogP contribution in [-0.2, 0) is 11.4 Å². The molecule has 10 heteroatoms. The van der Waals surface area contributed by atoms with Crippen molar-refractivity contribution < 1.29 is 14.3 Å². The number of hydrogen-bond donors (Lipinski definition) is 1. The lowest BCUT2D eigenvalue weighted by Gasteiger charge is -2.11. The molecule has 0 atom stereocenters. The summed E-state index contributed by atoms with van der Waals surface area (Å²) in [5.74, 6) is 1.66. The summed E-state index contributed by atoms with van der Waals surface area (Å²) in [4.78, 5) is 12.6. The summed E-state index contributed by atoms with van der Waals surface area (Å²) in [6, 6.07) is 32.5. The fourth-order valence-electron chi connectivity index (χ4n) is 3.92. The topological polar surface area (TPSA) is 90.6 Å². The van der Waals surface area contributed by atoms with Gasteiger partial charge in [0.2, 0.25) is 0 Å². The summed E-state index contributed by atoms with van der Waals surface area (Å²) in [7, 11) is 1.58. The van der Waals surface area contributed by atoms with E-state index < -0.39 is 0 Å². The SMILES string of the molecule is COc1cc(/C=N\NC(=O)CSc2nnc(-c3ccc(Cl)cc3)n2-c2ccccc2)ccc1OCc1ccccc1. The Morgan fingerprint density at radius 3 is 2.41 bits per heavy atom. The van der Waals surface area contributed by atoms with Gasteiger partial charge in [-0.25, -0.2) is 5.43 Å². The standard InChI is InChI=1S/C31H26ClN5O3S/c1-39-28-18-23(12-17-27(28)40-20-22-8-4-2-5-9-22)19-33-34-29(38)21-41-31-36-35-30(24-13-15-25(32)16-14-24)37(31)26-10-6-3-7-11-26/h2-19H,20-21H2,1H3,(H,34,38)/b33-19-. The smallest absolute Gasteiger partial charge is 0.250 e. The number of thioether (sulfide) groups is 1. The first kappa shape index (κ1) is 27.9. The van der Waals surface area contributed by atoms with Crippen LogP contribution >= 0.6 is 23.4 Å². The van der Waals surface area contributed by atoms with E-state index in [2.05, 4.69) is 20.7 Å². The van der Waals surface area contributed by atoms with Gasteiger partial charge in [-0.2, -0.15) is 5.10 Å². The molecule has 0 aliphatic heterocycles. The lowest BCUT2D eigenvalue weighted by Crippen LogP contribution is -2.20. The number of carbonyl (C=O) groups is 1. The van der Waals surface area contributed by atoms with Gasteiger partial charge in [-0.15, -0.1) is 10.2 Å². The molecule has 0 aliphatic rings. The molecule has 0 saturated heterocycles. The maximum atomic E-state index is 12.6. The molecule has 1 amide bonds. The third-order valence-corrected chi connectivity index (χ3v) is 7.09. The Kier molecular flexibility index (Phi) is 9.30. The molecule has 206 valence electrons. The van der Waals surface area contributed by atoms with Crippen LogP contribution in [0, 0.1) is 0 Å². The van der Waals surface area contributed by atoms with Gasteiger partial charge in [-0.1, -0.05) is 71.9 Å². The number of ether oxygens (including phenoxy) is 2. The second-order valence-electron chi connectivity index (χ2n) is 8.75. The summed E-state index contributed by atoms with van der Waals surface area (Å²) in [6.45, 7) is 0.428. The molecule has 5 rings (SSSR count). The molecule has 41 heavy (non-hydrogen) atoms. The van der Waals surface area contributed by atoms with Crippen LogP contribution in [0.15, 0.2) is 113 Å². The van der Waals surface area contributed by atoms with E-state index in [-0.39, 0.29) is 11.7 Å². The van der Waals surface area contributed by atoms with Crippen molar-refractivity contribution in [3.8, 4) is 28.6 Å². The van der Waals surface area contributed by atoms with E-state index in [9.17, 15) is 4.79 Å². The van der Waals surface area contributed by atoms with Crippen molar-refractivity contribution in [2.24, 2.45) is 5.10 Å². The molecule has 0 unspecified atom stereocenters. The number of carbonyl (C=O) groups excluding carboxylic acids is 1. The monoisotopic (exact) mass is 583 g/mol. The number of nitrogens with one attached hydrogen (secondary N) is 1. The molecule has 5 aromatic rings. The van der Waals surface area contributed by atoms with Crippen LogP contribution in [0.3, 0.4) is 0 Å². The van der Waals surface area contributed by atoms with Crippen LogP contribution in [0.5, 0.6) is 11.5 Å². The molecular weight excluding hydrogens is 558 g/mol. The minimum atomic E-state index is -0.281.